The Morgan fingerprint density at radius 3 is 2.64 bits per heavy atom. The molecule has 3 N–H and O–H groups in total. The quantitative estimate of drug-likeness (QED) is 0.501. The van der Waals surface area contributed by atoms with Gasteiger partial charge >= 0.3 is 0 Å². The van der Waals surface area contributed by atoms with Crippen LogP contribution >= 0.6 is 12.2 Å². The number of unbranched alkanes of at least 4 members (excludes halogenated alkanes) is 1. The van der Waals surface area contributed by atoms with Gasteiger partial charge in [0.05, 0.1) is 26.2 Å². The van der Waals surface area contributed by atoms with Crippen molar-refractivity contribution in [1.29, 1.82) is 0 Å². The zero-order chi connectivity index (χ0) is 18.1. The maximum absolute atomic E-state index is 12.4. The number of piperazine rings is 1. The van der Waals surface area contributed by atoms with Crippen LogP contribution in [-0.4, -0.2) is 55.2 Å². The van der Waals surface area contributed by atoms with Crippen molar-refractivity contribution in [2.45, 2.75) is 33.1 Å². The maximum Gasteiger partial charge on any atom is 0.279 e. The standard InChI is InChI=1S/C19H30N4OS/c1-3-5-10-20-19(25)23-13-11-22(12-14-23)15-18(24)21-17-9-7-6-8-16(17)4-2/h6-9H,3-5,10-15H2,1-2H3,(H,20,25)(H,21,24)/p+1. The van der Waals surface area contributed by atoms with Gasteiger partial charge in [0.2, 0.25) is 0 Å². The van der Waals surface area contributed by atoms with E-state index >= 15 is 0 Å². The lowest BCUT2D eigenvalue weighted by atomic mass is 10.1. The topological polar surface area (TPSA) is 48.8 Å². The van der Waals surface area contributed by atoms with Crippen molar-refractivity contribution in [3.63, 3.8) is 0 Å². The summed E-state index contributed by atoms with van der Waals surface area (Å²) in [6.45, 7) is 9.45. The van der Waals surface area contributed by atoms with Gasteiger partial charge < -0.3 is 20.4 Å². The lowest BCUT2D eigenvalue weighted by molar-refractivity contribution is -0.895. The number of anilines is 1. The molecule has 0 aliphatic carbocycles. The minimum Gasteiger partial charge on any atom is -0.363 e. The van der Waals surface area contributed by atoms with Crippen molar-refractivity contribution >= 4 is 28.9 Å². The molecule has 0 saturated carbocycles. The van der Waals surface area contributed by atoms with Gasteiger partial charge in [0, 0.05) is 12.2 Å². The van der Waals surface area contributed by atoms with Crippen LogP contribution in [0.2, 0.25) is 0 Å². The summed E-state index contributed by atoms with van der Waals surface area (Å²) >= 11 is 5.45. The van der Waals surface area contributed by atoms with E-state index in [-0.39, 0.29) is 5.91 Å². The van der Waals surface area contributed by atoms with Crippen LogP contribution < -0.4 is 15.5 Å². The first kappa shape index (κ1) is 19.7. The molecule has 1 heterocycles. The van der Waals surface area contributed by atoms with Gasteiger partial charge in [-0.25, -0.2) is 0 Å². The first-order chi connectivity index (χ1) is 12.1. The predicted molar refractivity (Wildman–Crippen MR) is 107 cm³/mol. The molecule has 1 aromatic carbocycles. The van der Waals surface area contributed by atoms with Gasteiger partial charge in [0.15, 0.2) is 11.7 Å². The van der Waals surface area contributed by atoms with Gasteiger partial charge in [-0.1, -0.05) is 38.5 Å². The number of nitrogens with one attached hydrogen (secondary N) is 3. The highest BCUT2D eigenvalue weighted by molar-refractivity contribution is 7.80. The number of para-hydroxylation sites is 1. The average Bonchev–Trinajstić information content (AvgIpc) is 2.63. The van der Waals surface area contributed by atoms with E-state index in [0.29, 0.717) is 6.54 Å². The van der Waals surface area contributed by atoms with Crippen LogP contribution in [0.5, 0.6) is 0 Å². The molecule has 0 atom stereocenters. The number of aryl methyl sites for hydroxylation is 1. The van der Waals surface area contributed by atoms with Crippen LogP contribution in [0.1, 0.15) is 32.3 Å². The normalized spacial score (nSPS) is 15.0. The first-order valence-electron chi connectivity index (χ1n) is 9.38. The van der Waals surface area contributed by atoms with Gasteiger partial charge in [-0.3, -0.25) is 4.79 Å². The number of carbonyl (C=O) groups excluding carboxylic acids is 1. The van der Waals surface area contributed by atoms with Crippen molar-refractivity contribution < 1.29 is 9.69 Å². The molecule has 1 aliphatic rings. The molecule has 1 aliphatic heterocycles. The molecule has 138 valence electrons. The summed E-state index contributed by atoms with van der Waals surface area (Å²) < 4.78 is 0. The van der Waals surface area contributed by atoms with Gasteiger partial charge in [0.25, 0.3) is 5.91 Å². The number of quaternary nitrogens is 1. The van der Waals surface area contributed by atoms with Crippen LogP contribution in [0.25, 0.3) is 0 Å². The van der Waals surface area contributed by atoms with Crippen molar-refractivity contribution in [3.8, 4) is 0 Å². The lowest BCUT2D eigenvalue weighted by Gasteiger charge is -2.33. The summed E-state index contributed by atoms with van der Waals surface area (Å²) in [6, 6.07) is 8.02. The molecule has 2 rings (SSSR count). The highest BCUT2D eigenvalue weighted by atomic mass is 32.1. The van der Waals surface area contributed by atoms with E-state index in [2.05, 4.69) is 35.4 Å². The molecular weight excluding hydrogens is 332 g/mol. The van der Waals surface area contributed by atoms with E-state index in [1.165, 1.54) is 16.9 Å². The maximum atomic E-state index is 12.4. The third kappa shape index (κ3) is 6.29. The zero-order valence-corrected chi connectivity index (χ0v) is 16.3. The molecule has 0 aromatic heterocycles. The molecule has 0 spiro atoms. The van der Waals surface area contributed by atoms with Crippen LogP contribution in [0, 0.1) is 0 Å². The Labute approximate surface area is 156 Å². The minimum atomic E-state index is 0.0907. The summed E-state index contributed by atoms with van der Waals surface area (Å²) in [7, 11) is 0. The van der Waals surface area contributed by atoms with E-state index < -0.39 is 0 Å². The average molecular weight is 364 g/mol. The van der Waals surface area contributed by atoms with Crippen molar-refractivity contribution in [3.05, 3.63) is 29.8 Å². The number of amides is 1. The largest absolute Gasteiger partial charge is 0.363 e. The Morgan fingerprint density at radius 1 is 1.24 bits per heavy atom. The molecule has 1 amide bonds. The molecule has 0 radical (unpaired) electrons. The van der Waals surface area contributed by atoms with E-state index in [4.69, 9.17) is 12.2 Å². The number of rotatable bonds is 7. The highest BCUT2D eigenvalue weighted by Gasteiger charge is 2.23. The molecule has 1 saturated heterocycles. The molecule has 0 bridgehead atoms. The monoisotopic (exact) mass is 363 g/mol. The third-order valence-corrected chi connectivity index (χ3v) is 5.05. The Kier molecular flexibility index (Phi) is 8.15. The molecule has 1 aromatic rings. The van der Waals surface area contributed by atoms with Crippen LogP contribution in [0.3, 0.4) is 0 Å². The van der Waals surface area contributed by atoms with E-state index in [0.717, 1.165) is 56.4 Å². The summed E-state index contributed by atoms with van der Waals surface area (Å²) in [6.07, 6.45) is 3.24. The SMILES string of the molecule is CCCCNC(=S)N1CC[NH+](CC(=O)Nc2ccccc2CC)CC1. The lowest BCUT2D eigenvalue weighted by Crippen LogP contribution is -3.15. The van der Waals surface area contributed by atoms with Gasteiger partial charge in [-0.05, 0) is 36.7 Å². The Morgan fingerprint density at radius 2 is 1.96 bits per heavy atom. The Hall–Kier alpha value is -1.66. The molecule has 5 nitrogen and oxygen atoms in total. The Balaban J connectivity index is 1.74. The fraction of sp³-hybridized carbons (Fsp3) is 0.579. The van der Waals surface area contributed by atoms with E-state index in [1.54, 1.807) is 0 Å². The number of carbonyl (C=O) groups is 1. The van der Waals surface area contributed by atoms with Crippen molar-refractivity contribution in [1.82, 2.24) is 10.2 Å². The second-order valence-corrected chi connectivity index (χ2v) is 6.94. The number of benzene rings is 1. The minimum absolute atomic E-state index is 0.0907. The van der Waals surface area contributed by atoms with Gasteiger partial charge in [-0.15, -0.1) is 0 Å². The second-order valence-electron chi connectivity index (χ2n) is 6.56. The second kappa shape index (κ2) is 10.4. The van der Waals surface area contributed by atoms with Crippen molar-refractivity contribution in [2.75, 3.05) is 44.6 Å². The molecular formula is C19H31N4OS+. The predicted octanol–water partition coefficient (Wildman–Crippen LogP) is 1.06. The molecule has 1 fully saturated rings. The summed E-state index contributed by atoms with van der Waals surface area (Å²) in [5.74, 6) is 0.0907. The van der Waals surface area contributed by atoms with Crippen LogP contribution in [0.4, 0.5) is 5.69 Å². The van der Waals surface area contributed by atoms with E-state index in [1.807, 2.05) is 18.2 Å². The van der Waals surface area contributed by atoms with Crippen LogP contribution in [-0.2, 0) is 11.2 Å². The molecule has 25 heavy (non-hydrogen) atoms. The number of hydrogen-bond donors (Lipinski definition) is 3. The molecule has 0 unspecified atom stereocenters. The summed E-state index contributed by atoms with van der Waals surface area (Å²) in [5.41, 5.74) is 2.12. The smallest absolute Gasteiger partial charge is 0.279 e. The van der Waals surface area contributed by atoms with Crippen LogP contribution in [0.15, 0.2) is 24.3 Å². The summed E-state index contributed by atoms with van der Waals surface area (Å²) in [4.78, 5) is 15.9. The van der Waals surface area contributed by atoms with Gasteiger partial charge in [0.1, 0.15) is 0 Å². The fourth-order valence-corrected chi connectivity index (χ4v) is 3.34. The van der Waals surface area contributed by atoms with E-state index in [9.17, 15) is 4.79 Å². The molecule has 6 heteroatoms. The Bertz CT molecular complexity index is 570. The number of nitrogens with zero attached hydrogens (tertiary/aromatic N) is 1. The van der Waals surface area contributed by atoms with Crippen molar-refractivity contribution in [2.24, 2.45) is 0 Å². The first-order valence-corrected chi connectivity index (χ1v) is 9.79. The zero-order valence-electron chi connectivity index (χ0n) is 15.4. The van der Waals surface area contributed by atoms with Gasteiger partial charge in [-0.2, -0.15) is 0 Å². The summed E-state index contributed by atoms with van der Waals surface area (Å²) in [5, 5.41) is 7.24. The number of hydrogen-bond acceptors (Lipinski definition) is 2. The highest BCUT2D eigenvalue weighted by Crippen LogP contribution is 2.14. The fourth-order valence-electron chi connectivity index (χ4n) is 3.06. The number of thiocarbonyl (C=S) groups is 1. The third-order valence-electron chi connectivity index (χ3n) is 4.65.